The lowest BCUT2D eigenvalue weighted by Crippen LogP contribution is -2.46. The number of nitrogens with one attached hydrogen (secondary N) is 1. The summed E-state index contributed by atoms with van der Waals surface area (Å²) < 4.78 is 46.2. The number of likely N-dealkylation sites (tertiary alicyclic amines) is 1. The molecular formula is C27H27F2N3O5. The van der Waals surface area contributed by atoms with Gasteiger partial charge in [-0.1, -0.05) is 30.3 Å². The zero-order valence-electron chi connectivity index (χ0n) is 20.9. The minimum atomic E-state index is -3.37. The van der Waals surface area contributed by atoms with E-state index in [1.54, 1.807) is 26.8 Å². The summed E-state index contributed by atoms with van der Waals surface area (Å²) in [6.45, 7) is 5.35. The Morgan fingerprint density at radius 3 is 2.59 bits per heavy atom. The summed E-state index contributed by atoms with van der Waals surface area (Å²) in [4.78, 5) is 26.4. The first kappa shape index (κ1) is 25.9. The van der Waals surface area contributed by atoms with Crippen LogP contribution in [0.3, 0.4) is 0 Å². The van der Waals surface area contributed by atoms with Crippen molar-refractivity contribution in [3.8, 4) is 11.8 Å². The average molecular weight is 512 g/mol. The highest BCUT2D eigenvalue weighted by molar-refractivity contribution is 6.08. The van der Waals surface area contributed by atoms with Gasteiger partial charge in [-0.25, -0.2) is 13.6 Å². The molecule has 2 heterocycles. The number of nitrogens with zero attached hydrogens (tertiary/aromatic N) is 2. The van der Waals surface area contributed by atoms with Gasteiger partial charge >= 0.3 is 6.09 Å². The Balaban J connectivity index is 1.58. The van der Waals surface area contributed by atoms with Crippen LogP contribution < -0.4 is 10.1 Å². The van der Waals surface area contributed by atoms with Crippen molar-refractivity contribution in [3.05, 3.63) is 64.9 Å². The van der Waals surface area contributed by atoms with Crippen molar-refractivity contribution < 1.29 is 32.3 Å². The van der Waals surface area contributed by atoms with Gasteiger partial charge in [0.15, 0.2) is 5.58 Å². The van der Waals surface area contributed by atoms with E-state index in [2.05, 4.69) is 5.32 Å². The maximum atomic E-state index is 14.8. The summed E-state index contributed by atoms with van der Waals surface area (Å²) in [5.41, 5.74) is 0.374. The summed E-state index contributed by atoms with van der Waals surface area (Å²) in [5, 5.41) is 12.2. The van der Waals surface area contributed by atoms with Crippen LogP contribution in [0.5, 0.6) is 5.75 Å². The number of carbonyl (C=O) groups excluding carboxylic acids is 2. The smallest absolute Gasteiger partial charge is 0.410 e. The number of amides is 2. The zero-order chi connectivity index (χ0) is 27.0. The van der Waals surface area contributed by atoms with E-state index in [4.69, 9.17) is 13.9 Å². The van der Waals surface area contributed by atoms with Crippen LogP contribution in [0.15, 0.2) is 46.9 Å². The van der Waals surface area contributed by atoms with Crippen molar-refractivity contribution in [3.63, 3.8) is 0 Å². The van der Waals surface area contributed by atoms with Crippen molar-refractivity contribution in [2.75, 3.05) is 13.1 Å². The fourth-order valence-corrected chi connectivity index (χ4v) is 4.11. The van der Waals surface area contributed by atoms with E-state index in [0.29, 0.717) is 5.75 Å². The highest BCUT2D eigenvalue weighted by Crippen LogP contribution is 2.34. The number of nitriles is 1. The number of furan rings is 1. The first-order valence-electron chi connectivity index (χ1n) is 11.7. The number of aryl methyl sites for hydroxylation is 1. The molecule has 1 N–H and O–H groups in total. The number of halogens is 2. The summed E-state index contributed by atoms with van der Waals surface area (Å²) in [6, 6.07) is 12.8. The third kappa shape index (κ3) is 5.66. The van der Waals surface area contributed by atoms with Crippen LogP contribution in [0, 0.1) is 18.3 Å². The number of benzene rings is 2. The van der Waals surface area contributed by atoms with E-state index < -0.39 is 42.7 Å². The van der Waals surface area contributed by atoms with Gasteiger partial charge in [-0.2, -0.15) is 5.26 Å². The zero-order valence-corrected chi connectivity index (χ0v) is 20.9. The molecule has 1 fully saturated rings. The Labute approximate surface area is 212 Å². The standard InChI is InChI=1S/C27H27F2N3O5/c1-16-22(24(33)31-21-13-32(15-27(21,28)29)25(34)37-26(2,3)4)20-11-19(10-18(12-30)23(20)36-16)35-14-17-8-6-5-7-9-17/h5-11,21H,13-15H2,1-4H3,(H,31,33). The van der Waals surface area contributed by atoms with Gasteiger partial charge in [-0.05, 0) is 39.3 Å². The van der Waals surface area contributed by atoms with E-state index in [0.717, 1.165) is 10.5 Å². The molecule has 4 rings (SSSR count). The molecule has 8 nitrogen and oxygen atoms in total. The third-order valence-corrected chi connectivity index (χ3v) is 5.81. The summed E-state index contributed by atoms with van der Waals surface area (Å²) in [5.74, 6) is -3.70. The first-order valence-corrected chi connectivity index (χ1v) is 11.7. The molecule has 0 radical (unpaired) electrons. The second-order valence-corrected chi connectivity index (χ2v) is 9.91. The number of fused-ring (bicyclic) bond motifs is 1. The van der Waals surface area contributed by atoms with E-state index in [1.807, 2.05) is 36.4 Å². The van der Waals surface area contributed by atoms with Gasteiger partial charge < -0.3 is 19.2 Å². The van der Waals surface area contributed by atoms with Gasteiger partial charge in [0.05, 0.1) is 24.2 Å². The Bertz CT molecular complexity index is 1370. The van der Waals surface area contributed by atoms with E-state index >= 15 is 0 Å². The van der Waals surface area contributed by atoms with Crippen molar-refractivity contribution in [1.29, 1.82) is 5.26 Å². The van der Waals surface area contributed by atoms with Crippen LogP contribution in [0.4, 0.5) is 13.6 Å². The number of hydrogen-bond acceptors (Lipinski definition) is 6. The van der Waals surface area contributed by atoms with Crippen molar-refractivity contribution in [2.24, 2.45) is 0 Å². The molecule has 2 amide bonds. The van der Waals surface area contributed by atoms with Crippen LogP contribution >= 0.6 is 0 Å². The van der Waals surface area contributed by atoms with Crippen molar-refractivity contribution in [1.82, 2.24) is 10.2 Å². The molecule has 2 aromatic carbocycles. The molecule has 0 bridgehead atoms. The molecule has 1 aromatic heterocycles. The lowest BCUT2D eigenvalue weighted by Gasteiger charge is -2.24. The summed E-state index contributed by atoms with van der Waals surface area (Å²) in [6.07, 6.45) is -0.882. The molecule has 194 valence electrons. The Morgan fingerprint density at radius 2 is 1.95 bits per heavy atom. The Kier molecular flexibility index (Phi) is 6.82. The highest BCUT2D eigenvalue weighted by Gasteiger charge is 2.51. The molecule has 0 spiro atoms. The third-order valence-electron chi connectivity index (χ3n) is 5.81. The molecule has 1 unspecified atom stereocenters. The molecule has 1 atom stereocenters. The molecule has 0 aliphatic carbocycles. The van der Waals surface area contributed by atoms with Crippen molar-refractivity contribution in [2.45, 2.75) is 51.9 Å². The quantitative estimate of drug-likeness (QED) is 0.506. The summed E-state index contributed by atoms with van der Waals surface area (Å²) in [7, 11) is 0. The van der Waals surface area contributed by atoms with Gasteiger partial charge in [0.25, 0.3) is 11.8 Å². The molecule has 0 saturated carbocycles. The molecule has 1 aliphatic rings. The second-order valence-electron chi connectivity index (χ2n) is 9.91. The Morgan fingerprint density at radius 1 is 1.24 bits per heavy atom. The second kappa shape index (κ2) is 9.73. The fourth-order valence-electron chi connectivity index (χ4n) is 4.11. The van der Waals surface area contributed by atoms with Crippen LogP contribution in [-0.2, 0) is 11.3 Å². The Hall–Kier alpha value is -4.13. The lowest BCUT2D eigenvalue weighted by atomic mass is 10.1. The lowest BCUT2D eigenvalue weighted by molar-refractivity contribution is -0.0153. The normalized spacial score (nSPS) is 16.9. The van der Waals surface area contributed by atoms with Crippen LogP contribution in [0.1, 0.15) is 48.0 Å². The SMILES string of the molecule is Cc1oc2c(C#N)cc(OCc3ccccc3)cc2c1C(=O)NC1CN(C(=O)OC(C)(C)C)CC1(F)F. The van der Waals surface area contributed by atoms with Crippen LogP contribution in [0.2, 0.25) is 0 Å². The number of rotatable bonds is 5. The van der Waals surface area contributed by atoms with Gasteiger partial charge in [-0.15, -0.1) is 0 Å². The maximum Gasteiger partial charge on any atom is 0.410 e. The minimum Gasteiger partial charge on any atom is -0.489 e. The van der Waals surface area contributed by atoms with E-state index in [-0.39, 0.29) is 34.5 Å². The van der Waals surface area contributed by atoms with E-state index in [1.165, 1.54) is 13.0 Å². The predicted octanol–water partition coefficient (Wildman–Crippen LogP) is 5.18. The van der Waals surface area contributed by atoms with Gasteiger partial charge in [-0.3, -0.25) is 9.69 Å². The topological polar surface area (TPSA) is 105 Å². The minimum absolute atomic E-state index is 0.0168. The molecule has 37 heavy (non-hydrogen) atoms. The van der Waals surface area contributed by atoms with Gasteiger partial charge in [0.2, 0.25) is 0 Å². The largest absolute Gasteiger partial charge is 0.489 e. The van der Waals surface area contributed by atoms with Gasteiger partial charge in [0.1, 0.15) is 35.8 Å². The molecule has 3 aromatic rings. The predicted molar refractivity (Wildman–Crippen MR) is 130 cm³/mol. The van der Waals surface area contributed by atoms with E-state index in [9.17, 15) is 23.6 Å². The van der Waals surface area contributed by atoms with Crippen LogP contribution in [-0.4, -0.2) is 47.6 Å². The number of carbonyl (C=O) groups is 2. The number of ether oxygens (including phenoxy) is 2. The molecule has 10 heteroatoms. The van der Waals surface area contributed by atoms with Crippen LogP contribution in [0.25, 0.3) is 11.0 Å². The summed E-state index contributed by atoms with van der Waals surface area (Å²) >= 11 is 0. The highest BCUT2D eigenvalue weighted by atomic mass is 19.3. The average Bonchev–Trinajstić information content (AvgIpc) is 3.31. The van der Waals surface area contributed by atoms with Crippen molar-refractivity contribution >= 4 is 23.0 Å². The molecule has 1 aliphatic heterocycles. The monoisotopic (exact) mass is 511 g/mol. The first-order chi connectivity index (χ1) is 17.4. The fraction of sp³-hybridized carbons (Fsp3) is 0.370. The van der Waals surface area contributed by atoms with Gasteiger partial charge in [0, 0.05) is 11.5 Å². The molecular weight excluding hydrogens is 484 g/mol. The molecule has 1 saturated heterocycles. The number of alkyl halides is 2. The maximum absolute atomic E-state index is 14.8. The number of hydrogen-bond donors (Lipinski definition) is 1.